The van der Waals surface area contributed by atoms with E-state index in [1.54, 1.807) is 25.3 Å². The van der Waals surface area contributed by atoms with Crippen molar-refractivity contribution in [2.45, 2.75) is 44.2 Å². The zero-order valence-electron chi connectivity index (χ0n) is 13.2. The molecular weight excluding hydrogens is 288 g/mol. The van der Waals surface area contributed by atoms with Gasteiger partial charge in [0.1, 0.15) is 0 Å². The first-order valence-electron chi connectivity index (χ1n) is 7.25. The van der Waals surface area contributed by atoms with E-state index in [0.717, 1.165) is 12.1 Å². The van der Waals surface area contributed by atoms with Gasteiger partial charge in [-0.3, -0.25) is 0 Å². The molecule has 1 aromatic carbocycles. The van der Waals surface area contributed by atoms with Gasteiger partial charge in [0.2, 0.25) is 10.0 Å². The Morgan fingerprint density at radius 2 is 2.00 bits per heavy atom. The Balaban J connectivity index is 2.85. The van der Waals surface area contributed by atoms with Crippen molar-refractivity contribution >= 4 is 10.0 Å². The lowest BCUT2D eigenvalue weighted by Crippen LogP contribution is -2.33. The van der Waals surface area contributed by atoms with E-state index in [-0.39, 0.29) is 12.1 Å². The van der Waals surface area contributed by atoms with E-state index >= 15 is 0 Å². The summed E-state index contributed by atoms with van der Waals surface area (Å²) in [6.07, 6.45) is 0.642. The van der Waals surface area contributed by atoms with Gasteiger partial charge < -0.3 is 10.1 Å². The maximum absolute atomic E-state index is 12.4. The SMILES string of the molecule is CCNC(C)c1cccc(S(=O)(=O)NC(C)CCOC)c1. The van der Waals surface area contributed by atoms with E-state index in [9.17, 15) is 8.42 Å². The number of benzene rings is 1. The van der Waals surface area contributed by atoms with Crippen LogP contribution in [0.2, 0.25) is 0 Å². The van der Waals surface area contributed by atoms with Gasteiger partial charge in [-0.1, -0.05) is 19.1 Å². The van der Waals surface area contributed by atoms with E-state index in [0.29, 0.717) is 17.9 Å². The van der Waals surface area contributed by atoms with Crippen LogP contribution in [0.5, 0.6) is 0 Å². The molecule has 0 saturated heterocycles. The largest absolute Gasteiger partial charge is 0.385 e. The first-order valence-corrected chi connectivity index (χ1v) is 8.73. The average Bonchev–Trinajstić information content (AvgIpc) is 2.45. The molecule has 5 nitrogen and oxygen atoms in total. The Bertz CT molecular complexity index is 531. The molecule has 0 amide bonds. The van der Waals surface area contributed by atoms with Crippen LogP contribution in [0.15, 0.2) is 29.2 Å². The summed E-state index contributed by atoms with van der Waals surface area (Å²) in [5.74, 6) is 0. The van der Waals surface area contributed by atoms with Crippen molar-refractivity contribution in [3.63, 3.8) is 0 Å². The van der Waals surface area contributed by atoms with Crippen LogP contribution in [-0.4, -0.2) is 34.7 Å². The quantitative estimate of drug-likeness (QED) is 0.732. The third-order valence-corrected chi connectivity index (χ3v) is 4.88. The van der Waals surface area contributed by atoms with Gasteiger partial charge in [0.15, 0.2) is 0 Å². The molecule has 2 unspecified atom stereocenters. The highest BCUT2D eigenvalue weighted by Crippen LogP contribution is 2.17. The molecular formula is C15H26N2O3S. The molecule has 0 aliphatic rings. The van der Waals surface area contributed by atoms with Gasteiger partial charge in [-0.25, -0.2) is 13.1 Å². The lowest BCUT2D eigenvalue weighted by molar-refractivity contribution is 0.188. The lowest BCUT2D eigenvalue weighted by Gasteiger charge is -2.16. The molecule has 2 N–H and O–H groups in total. The smallest absolute Gasteiger partial charge is 0.240 e. The second-order valence-electron chi connectivity index (χ2n) is 5.16. The molecule has 0 radical (unpaired) electrons. The minimum Gasteiger partial charge on any atom is -0.385 e. The molecule has 0 spiro atoms. The third kappa shape index (κ3) is 5.74. The predicted molar refractivity (Wildman–Crippen MR) is 84.8 cm³/mol. The summed E-state index contributed by atoms with van der Waals surface area (Å²) in [5, 5.41) is 3.28. The Kier molecular flexibility index (Phi) is 7.31. The van der Waals surface area contributed by atoms with Crippen LogP contribution in [-0.2, 0) is 14.8 Å². The molecule has 0 aliphatic heterocycles. The summed E-state index contributed by atoms with van der Waals surface area (Å²) < 4.78 is 32.4. The molecule has 0 heterocycles. The van der Waals surface area contributed by atoms with Crippen molar-refractivity contribution in [2.24, 2.45) is 0 Å². The maximum atomic E-state index is 12.4. The Hall–Kier alpha value is -0.950. The Morgan fingerprint density at radius 3 is 2.62 bits per heavy atom. The number of rotatable bonds is 9. The van der Waals surface area contributed by atoms with E-state index in [4.69, 9.17) is 4.74 Å². The predicted octanol–water partition coefficient (Wildman–Crippen LogP) is 2.06. The van der Waals surface area contributed by atoms with Gasteiger partial charge in [-0.2, -0.15) is 0 Å². The maximum Gasteiger partial charge on any atom is 0.240 e. The first-order chi connectivity index (χ1) is 9.90. The molecule has 1 aromatic rings. The molecule has 120 valence electrons. The Labute approximate surface area is 128 Å². The summed E-state index contributed by atoms with van der Waals surface area (Å²) in [6, 6.07) is 7.01. The van der Waals surface area contributed by atoms with E-state index in [2.05, 4.69) is 10.0 Å². The van der Waals surface area contributed by atoms with Gasteiger partial charge in [-0.15, -0.1) is 0 Å². The van der Waals surface area contributed by atoms with Gasteiger partial charge in [0, 0.05) is 25.8 Å². The zero-order chi connectivity index (χ0) is 15.9. The summed E-state index contributed by atoms with van der Waals surface area (Å²) in [6.45, 7) is 7.24. The topological polar surface area (TPSA) is 67.4 Å². The van der Waals surface area contributed by atoms with Crippen LogP contribution in [0.1, 0.15) is 38.8 Å². The molecule has 0 bridgehead atoms. The highest BCUT2D eigenvalue weighted by atomic mass is 32.2. The van der Waals surface area contributed by atoms with Gasteiger partial charge in [-0.05, 0) is 44.5 Å². The molecule has 21 heavy (non-hydrogen) atoms. The number of methoxy groups -OCH3 is 1. The normalized spacial score (nSPS) is 14.9. The second kappa shape index (κ2) is 8.48. The van der Waals surface area contributed by atoms with Gasteiger partial charge >= 0.3 is 0 Å². The fourth-order valence-electron chi connectivity index (χ4n) is 2.06. The minimum atomic E-state index is -3.49. The summed E-state index contributed by atoms with van der Waals surface area (Å²) in [5.41, 5.74) is 0.962. The molecule has 0 aromatic heterocycles. The molecule has 0 aliphatic carbocycles. The number of hydrogen-bond donors (Lipinski definition) is 2. The number of hydrogen-bond acceptors (Lipinski definition) is 4. The van der Waals surface area contributed by atoms with E-state index < -0.39 is 10.0 Å². The van der Waals surface area contributed by atoms with E-state index in [1.807, 2.05) is 26.8 Å². The van der Waals surface area contributed by atoms with Crippen LogP contribution < -0.4 is 10.0 Å². The summed E-state index contributed by atoms with van der Waals surface area (Å²) in [7, 11) is -1.89. The summed E-state index contributed by atoms with van der Waals surface area (Å²) in [4.78, 5) is 0.300. The van der Waals surface area contributed by atoms with Crippen molar-refractivity contribution < 1.29 is 13.2 Å². The highest BCUT2D eigenvalue weighted by Gasteiger charge is 2.18. The molecule has 1 rings (SSSR count). The van der Waals surface area contributed by atoms with Crippen molar-refractivity contribution in [1.82, 2.24) is 10.0 Å². The highest BCUT2D eigenvalue weighted by molar-refractivity contribution is 7.89. The average molecular weight is 314 g/mol. The number of nitrogens with one attached hydrogen (secondary N) is 2. The van der Waals surface area contributed by atoms with Gasteiger partial charge in [0.05, 0.1) is 4.90 Å². The third-order valence-electron chi connectivity index (χ3n) is 3.29. The second-order valence-corrected chi connectivity index (χ2v) is 6.87. The van der Waals surface area contributed by atoms with Crippen molar-refractivity contribution in [3.05, 3.63) is 29.8 Å². The fraction of sp³-hybridized carbons (Fsp3) is 0.600. The minimum absolute atomic E-state index is 0.121. The standard InChI is InChI=1S/C15H26N2O3S/c1-5-16-13(3)14-7-6-8-15(11-14)21(18,19)17-12(2)9-10-20-4/h6-8,11-13,16-17H,5,9-10H2,1-4H3. The van der Waals surface area contributed by atoms with Crippen LogP contribution in [0.25, 0.3) is 0 Å². The van der Waals surface area contributed by atoms with Crippen LogP contribution in [0.3, 0.4) is 0 Å². The van der Waals surface area contributed by atoms with Crippen LogP contribution in [0, 0.1) is 0 Å². The number of sulfonamides is 1. The molecule has 0 fully saturated rings. The molecule has 2 atom stereocenters. The fourth-order valence-corrected chi connectivity index (χ4v) is 3.39. The molecule has 6 heteroatoms. The van der Waals surface area contributed by atoms with Crippen LogP contribution in [0.4, 0.5) is 0 Å². The Morgan fingerprint density at radius 1 is 1.29 bits per heavy atom. The monoisotopic (exact) mass is 314 g/mol. The number of ether oxygens (including phenoxy) is 1. The lowest BCUT2D eigenvalue weighted by atomic mass is 10.1. The van der Waals surface area contributed by atoms with Gasteiger partial charge in [0.25, 0.3) is 0 Å². The molecule has 0 saturated carbocycles. The zero-order valence-corrected chi connectivity index (χ0v) is 14.0. The van der Waals surface area contributed by atoms with Crippen LogP contribution >= 0.6 is 0 Å². The van der Waals surface area contributed by atoms with Crippen molar-refractivity contribution in [3.8, 4) is 0 Å². The first kappa shape index (κ1) is 18.1. The van der Waals surface area contributed by atoms with Crippen molar-refractivity contribution in [1.29, 1.82) is 0 Å². The van der Waals surface area contributed by atoms with E-state index in [1.165, 1.54) is 0 Å². The summed E-state index contributed by atoms with van der Waals surface area (Å²) >= 11 is 0. The van der Waals surface area contributed by atoms with Crippen molar-refractivity contribution in [2.75, 3.05) is 20.3 Å².